The van der Waals surface area contributed by atoms with Crippen molar-refractivity contribution in [3.8, 4) is 5.75 Å². The summed E-state index contributed by atoms with van der Waals surface area (Å²) in [5, 5.41) is 3.17. The fraction of sp³-hybridized carbons (Fsp3) is 0.462. The molecule has 0 aliphatic heterocycles. The molecule has 17 heavy (non-hydrogen) atoms. The highest BCUT2D eigenvalue weighted by Crippen LogP contribution is 2.25. The predicted octanol–water partition coefficient (Wildman–Crippen LogP) is 1.91. The summed E-state index contributed by atoms with van der Waals surface area (Å²) in [7, 11) is 2.97. The largest absolute Gasteiger partial charge is 0.496 e. The van der Waals surface area contributed by atoms with E-state index in [1.165, 1.54) is 7.11 Å². The number of nitrogens with one attached hydrogen (secondary N) is 1. The van der Waals surface area contributed by atoms with E-state index >= 15 is 0 Å². The van der Waals surface area contributed by atoms with Gasteiger partial charge in [-0.25, -0.2) is 4.79 Å². The van der Waals surface area contributed by atoms with Crippen LogP contribution in [0.3, 0.4) is 0 Å². The van der Waals surface area contributed by atoms with Gasteiger partial charge < -0.3 is 9.47 Å². The van der Waals surface area contributed by atoms with Crippen molar-refractivity contribution in [2.24, 2.45) is 0 Å². The first-order valence-corrected chi connectivity index (χ1v) is 5.57. The average molecular weight is 237 g/mol. The maximum Gasteiger partial charge on any atom is 0.327 e. The summed E-state index contributed by atoms with van der Waals surface area (Å²) in [6.07, 6.45) is 0. The van der Waals surface area contributed by atoms with E-state index in [9.17, 15) is 4.79 Å². The smallest absolute Gasteiger partial charge is 0.327 e. The Bertz CT molecular complexity index is 377. The van der Waals surface area contributed by atoms with Crippen LogP contribution >= 0.6 is 0 Å². The molecule has 0 fully saturated rings. The van der Waals surface area contributed by atoms with Crippen molar-refractivity contribution in [3.63, 3.8) is 0 Å². The first-order valence-electron chi connectivity index (χ1n) is 5.57. The van der Waals surface area contributed by atoms with E-state index in [4.69, 9.17) is 9.47 Å². The van der Waals surface area contributed by atoms with Crippen molar-refractivity contribution in [1.82, 2.24) is 5.32 Å². The van der Waals surface area contributed by atoms with Crippen LogP contribution in [-0.4, -0.2) is 26.2 Å². The Balaban J connectivity index is 3.07. The molecule has 0 aliphatic rings. The predicted molar refractivity (Wildman–Crippen MR) is 66.0 cm³/mol. The number of carbonyl (C=O) groups is 1. The topological polar surface area (TPSA) is 47.6 Å². The van der Waals surface area contributed by atoms with E-state index in [0.29, 0.717) is 5.75 Å². The van der Waals surface area contributed by atoms with E-state index in [0.717, 1.165) is 5.56 Å². The van der Waals surface area contributed by atoms with E-state index in [1.54, 1.807) is 7.11 Å². The summed E-state index contributed by atoms with van der Waals surface area (Å²) in [5.74, 6) is 0.360. The zero-order valence-corrected chi connectivity index (χ0v) is 10.7. The van der Waals surface area contributed by atoms with Gasteiger partial charge in [0.1, 0.15) is 11.8 Å². The number of esters is 1. The third-order valence-electron chi connectivity index (χ3n) is 2.39. The van der Waals surface area contributed by atoms with Crippen molar-refractivity contribution in [2.75, 3.05) is 14.2 Å². The molecular formula is C13H19NO3. The minimum absolute atomic E-state index is 0.170. The lowest BCUT2D eigenvalue weighted by Crippen LogP contribution is -2.34. The highest BCUT2D eigenvalue weighted by Gasteiger charge is 2.24. The molecule has 4 nitrogen and oxygen atoms in total. The molecule has 0 saturated heterocycles. The second-order valence-corrected chi connectivity index (χ2v) is 4.02. The molecule has 1 aromatic carbocycles. The summed E-state index contributed by atoms with van der Waals surface area (Å²) in [6.45, 7) is 3.96. The van der Waals surface area contributed by atoms with E-state index < -0.39 is 6.04 Å². The Kier molecular flexibility index (Phi) is 4.97. The molecule has 0 saturated carbocycles. The van der Waals surface area contributed by atoms with Crippen LogP contribution in [0.5, 0.6) is 5.75 Å². The molecule has 4 heteroatoms. The zero-order valence-electron chi connectivity index (χ0n) is 10.7. The van der Waals surface area contributed by atoms with Gasteiger partial charge in [0.15, 0.2) is 0 Å². The number of carbonyl (C=O) groups excluding carboxylic acids is 1. The minimum atomic E-state index is -0.504. The molecule has 0 aromatic heterocycles. The van der Waals surface area contributed by atoms with Gasteiger partial charge in [0.25, 0.3) is 0 Å². The number of rotatable bonds is 5. The number of para-hydroxylation sites is 1. The Morgan fingerprint density at radius 2 is 1.88 bits per heavy atom. The highest BCUT2D eigenvalue weighted by atomic mass is 16.5. The van der Waals surface area contributed by atoms with Gasteiger partial charge in [-0.3, -0.25) is 5.32 Å². The maximum atomic E-state index is 11.8. The molecule has 1 atom stereocenters. The summed E-state index contributed by atoms with van der Waals surface area (Å²) < 4.78 is 10.1. The molecule has 0 radical (unpaired) electrons. The fourth-order valence-electron chi connectivity index (χ4n) is 1.64. The third kappa shape index (κ3) is 3.46. The number of hydrogen-bond acceptors (Lipinski definition) is 4. The molecule has 94 valence electrons. The second-order valence-electron chi connectivity index (χ2n) is 4.02. The molecule has 0 aliphatic carbocycles. The van der Waals surface area contributed by atoms with Gasteiger partial charge in [-0.1, -0.05) is 18.2 Å². The number of ether oxygens (including phenoxy) is 2. The molecule has 1 aromatic rings. The van der Waals surface area contributed by atoms with Gasteiger partial charge in [0, 0.05) is 11.6 Å². The number of hydrogen-bond donors (Lipinski definition) is 1. The fourth-order valence-corrected chi connectivity index (χ4v) is 1.64. The number of benzene rings is 1. The lowest BCUT2D eigenvalue weighted by molar-refractivity contribution is -0.143. The zero-order chi connectivity index (χ0) is 12.8. The lowest BCUT2D eigenvalue weighted by atomic mass is 10.0. The molecule has 1 rings (SSSR count). The SMILES string of the molecule is COC(=O)C(NC(C)C)c1ccccc1OC. The van der Waals surface area contributed by atoms with E-state index in [-0.39, 0.29) is 12.0 Å². The Morgan fingerprint density at radius 3 is 2.41 bits per heavy atom. The van der Waals surface area contributed by atoms with Crippen LogP contribution in [0.1, 0.15) is 25.5 Å². The molecule has 0 spiro atoms. The Hall–Kier alpha value is -1.55. The summed E-state index contributed by atoms with van der Waals surface area (Å²) >= 11 is 0. The second kappa shape index (κ2) is 6.25. The summed E-state index contributed by atoms with van der Waals surface area (Å²) in [6, 6.07) is 7.09. The van der Waals surface area contributed by atoms with Crippen molar-refractivity contribution in [2.45, 2.75) is 25.9 Å². The average Bonchev–Trinajstić information content (AvgIpc) is 2.34. The van der Waals surface area contributed by atoms with Crippen LogP contribution in [0.15, 0.2) is 24.3 Å². The first kappa shape index (κ1) is 13.5. The van der Waals surface area contributed by atoms with Gasteiger partial charge in [-0.2, -0.15) is 0 Å². The van der Waals surface area contributed by atoms with Crippen LogP contribution < -0.4 is 10.1 Å². The van der Waals surface area contributed by atoms with E-state index in [1.807, 2.05) is 38.1 Å². The molecule has 0 amide bonds. The van der Waals surface area contributed by atoms with Crippen LogP contribution in [0.4, 0.5) is 0 Å². The Labute approximate surface area is 102 Å². The highest BCUT2D eigenvalue weighted by molar-refractivity contribution is 5.78. The van der Waals surface area contributed by atoms with Crippen molar-refractivity contribution < 1.29 is 14.3 Å². The number of methoxy groups -OCH3 is 2. The minimum Gasteiger partial charge on any atom is -0.496 e. The van der Waals surface area contributed by atoms with Gasteiger partial charge in [-0.15, -0.1) is 0 Å². The van der Waals surface area contributed by atoms with Crippen molar-refractivity contribution >= 4 is 5.97 Å². The first-order chi connectivity index (χ1) is 8.10. The van der Waals surface area contributed by atoms with Crippen LogP contribution in [0.2, 0.25) is 0 Å². The third-order valence-corrected chi connectivity index (χ3v) is 2.39. The normalized spacial score (nSPS) is 12.3. The lowest BCUT2D eigenvalue weighted by Gasteiger charge is -2.21. The van der Waals surface area contributed by atoms with Gasteiger partial charge in [0.2, 0.25) is 0 Å². The summed E-state index contributed by atoms with van der Waals surface area (Å²) in [5.41, 5.74) is 0.788. The van der Waals surface area contributed by atoms with Gasteiger partial charge in [0.05, 0.1) is 14.2 Å². The molecule has 1 N–H and O–H groups in total. The van der Waals surface area contributed by atoms with Crippen molar-refractivity contribution in [1.29, 1.82) is 0 Å². The quantitative estimate of drug-likeness (QED) is 0.795. The van der Waals surface area contributed by atoms with Gasteiger partial charge in [-0.05, 0) is 19.9 Å². The Morgan fingerprint density at radius 1 is 1.24 bits per heavy atom. The monoisotopic (exact) mass is 237 g/mol. The standard InChI is InChI=1S/C13H19NO3/c1-9(2)14-12(13(15)17-4)10-7-5-6-8-11(10)16-3/h5-9,12,14H,1-4H3. The molecule has 0 heterocycles. The summed E-state index contributed by atoms with van der Waals surface area (Å²) in [4.78, 5) is 11.8. The van der Waals surface area contributed by atoms with E-state index in [2.05, 4.69) is 5.32 Å². The molecule has 1 unspecified atom stereocenters. The van der Waals surface area contributed by atoms with Crippen molar-refractivity contribution in [3.05, 3.63) is 29.8 Å². The van der Waals surface area contributed by atoms with Crippen LogP contribution in [0.25, 0.3) is 0 Å². The van der Waals surface area contributed by atoms with Gasteiger partial charge >= 0.3 is 5.97 Å². The molecular weight excluding hydrogens is 218 g/mol. The maximum absolute atomic E-state index is 11.8. The van der Waals surface area contributed by atoms with Crippen LogP contribution in [0, 0.1) is 0 Å². The van der Waals surface area contributed by atoms with Crippen LogP contribution in [-0.2, 0) is 9.53 Å². The molecule has 0 bridgehead atoms.